The maximum absolute atomic E-state index is 13.5. The fourth-order valence-corrected chi connectivity index (χ4v) is 6.51. The highest BCUT2D eigenvalue weighted by atomic mass is 35.5. The third kappa shape index (κ3) is 11.6. The zero-order valence-electron chi connectivity index (χ0n) is 32.2. The number of hydrogen-bond donors (Lipinski definition) is 3. The molecule has 6 rings (SSSR count). The molecule has 0 saturated carbocycles. The van der Waals surface area contributed by atoms with Gasteiger partial charge in [-0.15, -0.1) is 0 Å². The number of nitrogens with zero attached hydrogens (tertiary/aromatic N) is 3. The lowest BCUT2D eigenvalue weighted by atomic mass is 9.85. The van der Waals surface area contributed by atoms with Crippen LogP contribution in [-0.4, -0.2) is 90.1 Å². The summed E-state index contributed by atoms with van der Waals surface area (Å²) in [6.07, 6.45) is 1.51. The van der Waals surface area contributed by atoms with Gasteiger partial charge in [-0.2, -0.15) is 0 Å². The molecule has 1 fully saturated rings. The molecule has 0 bridgehead atoms. The molecule has 12 nitrogen and oxygen atoms in total. The molecule has 1 saturated heterocycles. The Balaban J connectivity index is 0.932. The van der Waals surface area contributed by atoms with Crippen LogP contribution >= 0.6 is 11.6 Å². The summed E-state index contributed by atoms with van der Waals surface area (Å²) in [6.45, 7) is 7.54. The summed E-state index contributed by atoms with van der Waals surface area (Å²) in [5.74, 6) is 0.871. The zero-order valence-corrected chi connectivity index (χ0v) is 32.9. The molecule has 300 valence electrons. The Kier molecular flexibility index (Phi) is 13.9. The van der Waals surface area contributed by atoms with Crippen LogP contribution in [0.15, 0.2) is 91.3 Å². The zero-order chi connectivity index (χ0) is 40.4. The fourth-order valence-electron chi connectivity index (χ4n) is 6.28. The van der Waals surface area contributed by atoms with Crippen molar-refractivity contribution < 1.29 is 38.0 Å². The van der Waals surface area contributed by atoms with Crippen LogP contribution in [0.1, 0.15) is 32.8 Å². The molecule has 2 atom stereocenters. The summed E-state index contributed by atoms with van der Waals surface area (Å²) in [4.78, 5) is 36.1. The van der Waals surface area contributed by atoms with Crippen molar-refractivity contribution >= 4 is 45.8 Å². The number of fused-ring (bicyclic) bond motifs is 1. The molecule has 0 spiro atoms. The minimum atomic E-state index is -0.724. The van der Waals surface area contributed by atoms with Crippen molar-refractivity contribution in [3.05, 3.63) is 108 Å². The van der Waals surface area contributed by atoms with Gasteiger partial charge in [0.05, 0.1) is 36.5 Å². The van der Waals surface area contributed by atoms with Crippen molar-refractivity contribution in [3.63, 3.8) is 0 Å². The molecule has 2 heterocycles. The summed E-state index contributed by atoms with van der Waals surface area (Å²) >= 11 is 6.53. The number of β-amino-alcohol motifs (C(OH)–C–C–N with tert-alkyl or cyclic N) is 1. The summed E-state index contributed by atoms with van der Waals surface area (Å²) < 4.78 is 36.3. The van der Waals surface area contributed by atoms with Crippen molar-refractivity contribution in [1.29, 1.82) is 0 Å². The van der Waals surface area contributed by atoms with E-state index in [9.17, 15) is 19.1 Å². The standard InChI is InChI=1S/C43H47ClFN5O7/c1-43(2,3)40(42(53)50-16-15-33(51)24-50)49-39(52)26-55-18-17-54-19-20-56-34-11-7-29(8-12-34)30-9-13-37-35(22-30)41(47-27-46-37)48-32-10-14-38(36(44)23-32)57-25-28-5-4-6-31(45)21-28/h4-14,21-23,27,33,40,51H,15-20,24-26H2,1-3H3,(H,49,52)(H,46,47,48)/t33-,40+/m0/s1. The predicted molar refractivity (Wildman–Crippen MR) is 216 cm³/mol. The van der Waals surface area contributed by atoms with E-state index in [4.69, 9.17) is 30.5 Å². The number of aromatic nitrogens is 2. The number of ether oxygens (including phenoxy) is 4. The lowest BCUT2D eigenvalue weighted by Gasteiger charge is -2.33. The smallest absolute Gasteiger partial charge is 0.246 e. The molecular weight excluding hydrogens is 753 g/mol. The van der Waals surface area contributed by atoms with Crippen LogP contribution in [0, 0.1) is 11.2 Å². The van der Waals surface area contributed by atoms with Crippen molar-refractivity contribution in [3.8, 4) is 22.6 Å². The summed E-state index contributed by atoms with van der Waals surface area (Å²) in [6, 6.07) is 24.5. The highest BCUT2D eigenvalue weighted by Gasteiger charge is 2.37. The number of hydrogen-bond acceptors (Lipinski definition) is 10. The number of amides is 2. The number of likely N-dealkylation sites (tertiary alicyclic amines) is 1. The van der Waals surface area contributed by atoms with Crippen molar-refractivity contribution in [2.45, 2.75) is 45.9 Å². The Morgan fingerprint density at radius 3 is 2.44 bits per heavy atom. The first-order valence-corrected chi connectivity index (χ1v) is 19.1. The molecular formula is C43H47ClFN5O7. The molecule has 0 aliphatic carbocycles. The SMILES string of the molecule is CC(C)(C)[C@H](NC(=O)COCCOCCOc1ccc(-c2ccc3ncnc(Nc4ccc(OCc5cccc(F)c5)c(Cl)c4)c3c2)cc1)C(=O)N1CC[C@H](O)C1. The fraction of sp³-hybridized carbons (Fsp3) is 0.349. The average molecular weight is 800 g/mol. The molecule has 1 aromatic heterocycles. The number of aliphatic hydroxyl groups excluding tert-OH is 1. The average Bonchev–Trinajstić information content (AvgIpc) is 3.63. The molecule has 0 radical (unpaired) electrons. The van der Waals surface area contributed by atoms with Gasteiger partial charge >= 0.3 is 0 Å². The van der Waals surface area contributed by atoms with E-state index in [1.807, 2.05) is 69.3 Å². The number of carbonyl (C=O) groups is 2. The summed E-state index contributed by atoms with van der Waals surface area (Å²) in [5.41, 5.74) is 3.63. The van der Waals surface area contributed by atoms with Gasteiger partial charge in [0.1, 0.15) is 55.3 Å². The number of carbonyl (C=O) groups excluding carboxylic acids is 2. The van der Waals surface area contributed by atoms with Crippen LogP contribution in [-0.2, 0) is 25.7 Å². The van der Waals surface area contributed by atoms with Gasteiger partial charge in [0.2, 0.25) is 11.8 Å². The molecule has 2 amide bonds. The molecule has 3 N–H and O–H groups in total. The second-order valence-corrected chi connectivity index (χ2v) is 15.2. The highest BCUT2D eigenvalue weighted by molar-refractivity contribution is 6.32. The van der Waals surface area contributed by atoms with Gasteiger partial charge in [0, 0.05) is 24.2 Å². The molecule has 1 aliphatic heterocycles. The lowest BCUT2D eigenvalue weighted by molar-refractivity contribution is -0.140. The van der Waals surface area contributed by atoms with E-state index in [1.54, 1.807) is 29.2 Å². The van der Waals surface area contributed by atoms with Gasteiger partial charge in [-0.05, 0) is 83.1 Å². The van der Waals surface area contributed by atoms with E-state index in [0.717, 1.165) is 22.0 Å². The molecule has 14 heteroatoms. The van der Waals surface area contributed by atoms with E-state index in [1.165, 1.54) is 18.5 Å². The molecule has 0 unspecified atom stereocenters. The van der Waals surface area contributed by atoms with Crippen LogP contribution in [0.5, 0.6) is 11.5 Å². The van der Waals surface area contributed by atoms with Gasteiger partial charge in [-0.1, -0.05) is 62.7 Å². The number of nitrogens with one attached hydrogen (secondary N) is 2. The van der Waals surface area contributed by atoms with E-state index in [2.05, 4.69) is 20.6 Å². The minimum Gasteiger partial charge on any atom is -0.491 e. The minimum absolute atomic E-state index is 0.185. The third-order valence-corrected chi connectivity index (χ3v) is 9.59. The second-order valence-electron chi connectivity index (χ2n) is 14.8. The Hall–Kier alpha value is -5.34. The van der Waals surface area contributed by atoms with E-state index in [-0.39, 0.29) is 50.6 Å². The van der Waals surface area contributed by atoms with Crippen molar-refractivity contribution in [2.24, 2.45) is 5.41 Å². The van der Waals surface area contributed by atoms with Crippen molar-refractivity contribution in [2.75, 3.05) is 51.4 Å². The largest absolute Gasteiger partial charge is 0.491 e. The van der Waals surface area contributed by atoms with Gasteiger partial charge in [0.25, 0.3) is 0 Å². The molecule has 1 aliphatic rings. The lowest BCUT2D eigenvalue weighted by Crippen LogP contribution is -2.55. The first-order chi connectivity index (χ1) is 27.4. The first kappa shape index (κ1) is 41.3. The Morgan fingerprint density at radius 1 is 0.930 bits per heavy atom. The summed E-state index contributed by atoms with van der Waals surface area (Å²) in [7, 11) is 0. The van der Waals surface area contributed by atoms with Crippen LogP contribution in [0.4, 0.5) is 15.9 Å². The summed E-state index contributed by atoms with van der Waals surface area (Å²) in [5, 5.41) is 17.2. The molecule has 4 aromatic carbocycles. The normalized spacial score (nSPS) is 14.7. The van der Waals surface area contributed by atoms with Crippen LogP contribution in [0.25, 0.3) is 22.0 Å². The van der Waals surface area contributed by atoms with Gasteiger partial charge in [0.15, 0.2) is 0 Å². The third-order valence-electron chi connectivity index (χ3n) is 9.30. The Bertz CT molecular complexity index is 2150. The van der Waals surface area contributed by atoms with Crippen molar-refractivity contribution in [1.82, 2.24) is 20.2 Å². The Labute approximate surface area is 336 Å². The van der Waals surface area contributed by atoms with Gasteiger partial charge < -0.3 is 39.6 Å². The maximum atomic E-state index is 13.5. The number of anilines is 2. The molecule has 5 aromatic rings. The van der Waals surface area contributed by atoms with Crippen LogP contribution in [0.2, 0.25) is 5.02 Å². The highest BCUT2D eigenvalue weighted by Crippen LogP contribution is 2.33. The Morgan fingerprint density at radius 2 is 1.70 bits per heavy atom. The van der Waals surface area contributed by atoms with E-state index >= 15 is 0 Å². The number of aliphatic hydroxyl groups is 1. The van der Waals surface area contributed by atoms with Crippen LogP contribution in [0.3, 0.4) is 0 Å². The maximum Gasteiger partial charge on any atom is 0.246 e. The number of benzene rings is 4. The van der Waals surface area contributed by atoms with Gasteiger partial charge in [-0.3, -0.25) is 9.59 Å². The topological polar surface area (TPSA) is 144 Å². The number of rotatable bonds is 17. The number of halogens is 2. The van der Waals surface area contributed by atoms with Crippen LogP contribution < -0.4 is 20.1 Å². The molecule has 57 heavy (non-hydrogen) atoms. The first-order valence-electron chi connectivity index (χ1n) is 18.8. The quantitative estimate of drug-likeness (QED) is 0.0846. The van der Waals surface area contributed by atoms with Gasteiger partial charge in [-0.25, -0.2) is 14.4 Å². The second kappa shape index (κ2) is 19.2. The van der Waals surface area contributed by atoms with E-state index < -0.39 is 17.6 Å². The monoisotopic (exact) mass is 799 g/mol. The predicted octanol–water partition coefficient (Wildman–Crippen LogP) is 6.95. The van der Waals surface area contributed by atoms with E-state index in [0.29, 0.717) is 59.8 Å².